The summed E-state index contributed by atoms with van der Waals surface area (Å²) in [5, 5.41) is 7.63. The average Bonchev–Trinajstić information content (AvgIpc) is 3.37. The SMILES string of the molecule is Cc1cc(Oc2ncccn2)ccc1NC(=O)C(Cc1ccccc1)NC(=O)c1cccs1. The number of ether oxygens (including phenoxy) is 1. The van der Waals surface area contributed by atoms with Crippen LogP contribution in [-0.4, -0.2) is 27.8 Å². The average molecular weight is 459 g/mol. The number of carbonyl (C=O) groups excluding carboxylic acids is 2. The smallest absolute Gasteiger partial charge is 0.321 e. The first kappa shape index (κ1) is 22.2. The molecule has 0 fully saturated rings. The number of nitrogens with one attached hydrogen (secondary N) is 2. The predicted molar refractivity (Wildman–Crippen MR) is 128 cm³/mol. The van der Waals surface area contributed by atoms with Crippen LogP contribution in [0.15, 0.2) is 84.5 Å². The highest BCUT2D eigenvalue weighted by Crippen LogP contribution is 2.24. The molecule has 166 valence electrons. The van der Waals surface area contributed by atoms with Crippen molar-refractivity contribution >= 4 is 28.8 Å². The van der Waals surface area contributed by atoms with E-state index in [0.29, 0.717) is 22.7 Å². The molecule has 1 atom stereocenters. The van der Waals surface area contributed by atoms with Gasteiger partial charge in [-0.3, -0.25) is 9.59 Å². The first-order valence-corrected chi connectivity index (χ1v) is 11.2. The minimum Gasteiger partial charge on any atom is -0.424 e. The maximum atomic E-state index is 13.2. The van der Waals surface area contributed by atoms with E-state index in [1.165, 1.54) is 11.3 Å². The summed E-state index contributed by atoms with van der Waals surface area (Å²) in [6.45, 7) is 1.87. The van der Waals surface area contributed by atoms with Crippen LogP contribution in [0, 0.1) is 6.92 Å². The van der Waals surface area contributed by atoms with Crippen molar-refractivity contribution in [2.45, 2.75) is 19.4 Å². The quantitative estimate of drug-likeness (QED) is 0.402. The van der Waals surface area contributed by atoms with Gasteiger partial charge in [0.2, 0.25) is 5.91 Å². The summed E-state index contributed by atoms with van der Waals surface area (Å²) in [5.74, 6) is -0.0140. The number of carbonyl (C=O) groups is 2. The number of rotatable bonds is 8. The summed E-state index contributed by atoms with van der Waals surface area (Å²) in [6.07, 6.45) is 3.57. The largest absolute Gasteiger partial charge is 0.424 e. The Morgan fingerprint density at radius 1 is 1.00 bits per heavy atom. The molecule has 2 heterocycles. The third-order valence-corrected chi connectivity index (χ3v) is 5.73. The van der Waals surface area contributed by atoms with Gasteiger partial charge >= 0.3 is 6.01 Å². The molecule has 0 aliphatic carbocycles. The minimum atomic E-state index is -0.741. The summed E-state index contributed by atoms with van der Waals surface area (Å²) in [5.41, 5.74) is 2.39. The zero-order valence-electron chi connectivity index (χ0n) is 17.9. The summed E-state index contributed by atoms with van der Waals surface area (Å²) >= 11 is 1.33. The molecular formula is C25H22N4O3S. The van der Waals surface area contributed by atoms with Crippen molar-refractivity contribution in [1.82, 2.24) is 15.3 Å². The topological polar surface area (TPSA) is 93.2 Å². The van der Waals surface area contributed by atoms with Gasteiger partial charge in [0.1, 0.15) is 11.8 Å². The lowest BCUT2D eigenvalue weighted by Gasteiger charge is -2.19. The first-order valence-electron chi connectivity index (χ1n) is 10.3. The van der Waals surface area contributed by atoms with Gasteiger partial charge in [0, 0.05) is 24.5 Å². The normalized spacial score (nSPS) is 11.4. The number of amides is 2. The van der Waals surface area contributed by atoms with Gasteiger partial charge in [-0.15, -0.1) is 11.3 Å². The second-order valence-corrected chi connectivity index (χ2v) is 8.24. The molecule has 2 aromatic heterocycles. The molecule has 2 amide bonds. The second-order valence-electron chi connectivity index (χ2n) is 7.29. The van der Waals surface area contributed by atoms with Gasteiger partial charge in [-0.05, 0) is 53.8 Å². The van der Waals surface area contributed by atoms with Crippen molar-refractivity contribution in [1.29, 1.82) is 0 Å². The Bertz CT molecular complexity index is 1220. The van der Waals surface area contributed by atoms with Crippen LogP contribution in [0.2, 0.25) is 0 Å². The van der Waals surface area contributed by atoms with Crippen molar-refractivity contribution in [2.75, 3.05) is 5.32 Å². The predicted octanol–water partition coefficient (Wildman–Crippen LogP) is 4.62. The third kappa shape index (κ3) is 6.02. The summed E-state index contributed by atoms with van der Waals surface area (Å²) in [4.78, 5) is 34.5. The molecule has 0 aliphatic heterocycles. The Morgan fingerprint density at radius 3 is 2.48 bits per heavy atom. The molecule has 4 aromatic rings. The molecule has 0 saturated heterocycles. The van der Waals surface area contributed by atoms with E-state index in [9.17, 15) is 9.59 Å². The Kier molecular flexibility index (Phi) is 7.06. The Balaban J connectivity index is 1.49. The van der Waals surface area contributed by atoms with E-state index in [2.05, 4.69) is 20.6 Å². The number of benzene rings is 2. The fourth-order valence-corrected chi connectivity index (χ4v) is 3.83. The Labute approximate surface area is 195 Å². The summed E-state index contributed by atoms with van der Waals surface area (Å²) in [6, 6.07) is 19.6. The monoisotopic (exact) mass is 458 g/mol. The lowest BCUT2D eigenvalue weighted by atomic mass is 10.0. The van der Waals surface area contributed by atoms with Gasteiger partial charge in [-0.2, -0.15) is 0 Å². The number of hydrogen-bond acceptors (Lipinski definition) is 6. The van der Waals surface area contributed by atoms with E-state index < -0.39 is 6.04 Å². The van der Waals surface area contributed by atoms with E-state index >= 15 is 0 Å². The van der Waals surface area contributed by atoms with Crippen molar-refractivity contribution in [3.8, 4) is 11.8 Å². The molecule has 1 unspecified atom stereocenters. The van der Waals surface area contributed by atoms with Crippen molar-refractivity contribution < 1.29 is 14.3 Å². The third-order valence-electron chi connectivity index (χ3n) is 4.86. The van der Waals surface area contributed by atoms with Gasteiger partial charge in [0.25, 0.3) is 5.91 Å². The van der Waals surface area contributed by atoms with Crippen molar-refractivity contribution in [2.24, 2.45) is 0 Å². The molecule has 0 aliphatic rings. The maximum absolute atomic E-state index is 13.2. The molecule has 8 heteroatoms. The highest BCUT2D eigenvalue weighted by atomic mass is 32.1. The van der Waals surface area contributed by atoms with E-state index in [1.807, 2.05) is 42.6 Å². The molecule has 4 rings (SSSR count). The van der Waals surface area contributed by atoms with Gasteiger partial charge in [0.05, 0.1) is 4.88 Å². The van der Waals surface area contributed by atoms with Crippen LogP contribution >= 0.6 is 11.3 Å². The standard InChI is InChI=1S/C25H22N4O3S/c1-17-15-19(32-25-26-12-6-13-27-25)10-11-20(17)28-23(30)21(16-18-7-3-2-4-8-18)29-24(31)22-9-5-14-33-22/h2-15,21H,16H2,1H3,(H,28,30)(H,29,31). The highest BCUT2D eigenvalue weighted by Gasteiger charge is 2.23. The van der Waals surface area contributed by atoms with E-state index in [4.69, 9.17) is 4.74 Å². The van der Waals surface area contributed by atoms with Crippen molar-refractivity contribution in [3.05, 3.63) is 101 Å². The zero-order valence-corrected chi connectivity index (χ0v) is 18.7. The van der Waals surface area contributed by atoms with Crippen LogP contribution in [0.5, 0.6) is 11.8 Å². The zero-order chi connectivity index (χ0) is 23.0. The first-order chi connectivity index (χ1) is 16.1. The molecule has 2 N–H and O–H groups in total. The highest BCUT2D eigenvalue weighted by molar-refractivity contribution is 7.12. The van der Waals surface area contributed by atoms with Gasteiger partial charge in [-0.25, -0.2) is 9.97 Å². The van der Waals surface area contributed by atoms with E-state index in [0.717, 1.165) is 11.1 Å². The lowest BCUT2D eigenvalue weighted by Crippen LogP contribution is -2.45. The van der Waals surface area contributed by atoms with Crippen LogP contribution in [0.1, 0.15) is 20.8 Å². The number of hydrogen-bond donors (Lipinski definition) is 2. The summed E-state index contributed by atoms with van der Waals surface area (Å²) < 4.78 is 5.65. The Hall–Kier alpha value is -4.04. The van der Waals surface area contributed by atoms with E-state index in [-0.39, 0.29) is 17.8 Å². The van der Waals surface area contributed by atoms with Crippen LogP contribution in [0.4, 0.5) is 5.69 Å². The van der Waals surface area contributed by atoms with Gasteiger partial charge in [-0.1, -0.05) is 36.4 Å². The molecule has 33 heavy (non-hydrogen) atoms. The molecule has 0 spiro atoms. The lowest BCUT2D eigenvalue weighted by molar-refractivity contribution is -0.118. The van der Waals surface area contributed by atoms with Gasteiger partial charge in [0.15, 0.2) is 0 Å². The number of nitrogens with zero attached hydrogens (tertiary/aromatic N) is 2. The summed E-state index contributed by atoms with van der Waals surface area (Å²) in [7, 11) is 0. The molecule has 7 nitrogen and oxygen atoms in total. The number of anilines is 1. The Morgan fingerprint density at radius 2 is 1.79 bits per heavy atom. The van der Waals surface area contributed by atoms with E-state index in [1.54, 1.807) is 48.8 Å². The van der Waals surface area contributed by atoms with Crippen LogP contribution in [0.3, 0.4) is 0 Å². The van der Waals surface area contributed by atoms with Crippen molar-refractivity contribution in [3.63, 3.8) is 0 Å². The number of thiophene rings is 1. The molecule has 0 bridgehead atoms. The molecular weight excluding hydrogens is 436 g/mol. The van der Waals surface area contributed by atoms with Crippen LogP contribution in [0.25, 0.3) is 0 Å². The molecule has 2 aromatic carbocycles. The van der Waals surface area contributed by atoms with Gasteiger partial charge < -0.3 is 15.4 Å². The number of aryl methyl sites for hydroxylation is 1. The maximum Gasteiger partial charge on any atom is 0.321 e. The minimum absolute atomic E-state index is 0.243. The molecule has 0 radical (unpaired) electrons. The fraction of sp³-hybridized carbons (Fsp3) is 0.120. The van der Waals surface area contributed by atoms with Crippen LogP contribution < -0.4 is 15.4 Å². The van der Waals surface area contributed by atoms with Crippen LogP contribution in [-0.2, 0) is 11.2 Å². The number of aromatic nitrogens is 2. The fourth-order valence-electron chi connectivity index (χ4n) is 3.20. The second kappa shape index (κ2) is 10.5. The molecule has 0 saturated carbocycles.